The van der Waals surface area contributed by atoms with Gasteiger partial charge in [0.05, 0.1) is 6.61 Å². The Balaban J connectivity index is 2.99. The standard InChI is InChI=1S/C11H17ClN2O3/c1-7(2)4-5-14-10(12)9(11(15)16)8(13-14)6-17-3/h7H,4-6H2,1-3H3,(H,15,16). The Kier molecular flexibility index (Phi) is 4.96. The second-order valence-electron chi connectivity index (χ2n) is 4.26. The SMILES string of the molecule is COCc1nn(CCC(C)C)c(Cl)c1C(=O)O. The van der Waals surface area contributed by atoms with Crippen LogP contribution in [0.25, 0.3) is 0 Å². The van der Waals surface area contributed by atoms with E-state index < -0.39 is 5.97 Å². The number of aryl methyl sites for hydroxylation is 1. The Bertz CT molecular complexity index is 402. The fraction of sp³-hybridized carbons (Fsp3) is 0.636. The van der Waals surface area contributed by atoms with Crippen molar-refractivity contribution in [3.8, 4) is 0 Å². The van der Waals surface area contributed by atoms with E-state index in [9.17, 15) is 4.79 Å². The number of ether oxygens (including phenoxy) is 1. The summed E-state index contributed by atoms with van der Waals surface area (Å²) in [4.78, 5) is 11.1. The van der Waals surface area contributed by atoms with Crippen molar-refractivity contribution >= 4 is 17.6 Å². The molecule has 0 spiro atoms. The van der Waals surface area contributed by atoms with Gasteiger partial charge in [0.25, 0.3) is 0 Å². The van der Waals surface area contributed by atoms with Gasteiger partial charge in [0.1, 0.15) is 16.4 Å². The summed E-state index contributed by atoms with van der Waals surface area (Å²) in [6.07, 6.45) is 0.896. The summed E-state index contributed by atoms with van der Waals surface area (Å²) < 4.78 is 6.44. The van der Waals surface area contributed by atoms with Gasteiger partial charge in [0.15, 0.2) is 0 Å². The van der Waals surface area contributed by atoms with Crippen LogP contribution in [0.5, 0.6) is 0 Å². The highest BCUT2D eigenvalue weighted by Crippen LogP contribution is 2.21. The van der Waals surface area contributed by atoms with Crippen molar-refractivity contribution in [2.75, 3.05) is 7.11 Å². The Morgan fingerprint density at radius 1 is 1.59 bits per heavy atom. The number of hydrogen-bond donors (Lipinski definition) is 1. The molecule has 0 bridgehead atoms. The van der Waals surface area contributed by atoms with E-state index in [2.05, 4.69) is 18.9 Å². The molecule has 0 atom stereocenters. The number of hydrogen-bond acceptors (Lipinski definition) is 3. The zero-order chi connectivity index (χ0) is 13.0. The summed E-state index contributed by atoms with van der Waals surface area (Å²) in [6, 6.07) is 0. The van der Waals surface area contributed by atoms with E-state index in [0.29, 0.717) is 18.2 Å². The van der Waals surface area contributed by atoms with Gasteiger partial charge in [-0.25, -0.2) is 4.79 Å². The monoisotopic (exact) mass is 260 g/mol. The number of aromatic nitrogens is 2. The average Bonchev–Trinajstić information content (AvgIpc) is 2.52. The number of methoxy groups -OCH3 is 1. The summed E-state index contributed by atoms with van der Waals surface area (Å²) in [5.74, 6) is -0.563. The van der Waals surface area contributed by atoms with Crippen LogP contribution in [0, 0.1) is 5.92 Å². The maximum atomic E-state index is 11.1. The lowest BCUT2D eigenvalue weighted by Crippen LogP contribution is -2.04. The Hall–Kier alpha value is -1.07. The zero-order valence-corrected chi connectivity index (χ0v) is 11.0. The van der Waals surface area contributed by atoms with Gasteiger partial charge in [-0.05, 0) is 12.3 Å². The molecule has 0 amide bonds. The number of nitrogens with zero attached hydrogens (tertiary/aromatic N) is 2. The van der Waals surface area contributed by atoms with Crippen LogP contribution < -0.4 is 0 Å². The fourth-order valence-electron chi connectivity index (χ4n) is 1.47. The minimum Gasteiger partial charge on any atom is -0.478 e. The van der Waals surface area contributed by atoms with E-state index in [0.717, 1.165) is 6.42 Å². The molecule has 0 aromatic carbocycles. The van der Waals surface area contributed by atoms with Crippen LogP contribution in [0.2, 0.25) is 5.15 Å². The Morgan fingerprint density at radius 2 is 2.24 bits per heavy atom. The number of carboxylic acids is 1. The topological polar surface area (TPSA) is 64.4 Å². The summed E-state index contributed by atoms with van der Waals surface area (Å²) >= 11 is 6.01. The van der Waals surface area contributed by atoms with Gasteiger partial charge in [-0.1, -0.05) is 25.4 Å². The van der Waals surface area contributed by atoms with Crippen molar-refractivity contribution in [1.29, 1.82) is 0 Å². The van der Waals surface area contributed by atoms with Crippen molar-refractivity contribution in [2.24, 2.45) is 5.92 Å². The predicted molar refractivity (Wildman–Crippen MR) is 64.4 cm³/mol. The first-order chi connectivity index (χ1) is 7.97. The van der Waals surface area contributed by atoms with E-state index in [1.807, 2.05) is 0 Å². The van der Waals surface area contributed by atoms with Crippen LogP contribution in [0.4, 0.5) is 0 Å². The molecule has 5 nitrogen and oxygen atoms in total. The molecule has 1 heterocycles. The van der Waals surface area contributed by atoms with Crippen LogP contribution in [-0.4, -0.2) is 28.0 Å². The minimum absolute atomic E-state index is 0.0391. The number of halogens is 1. The zero-order valence-electron chi connectivity index (χ0n) is 10.2. The molecule has 0 saturated carbocycles. The molecule has 0 unspecified atom stereocenters. The molecule has 0 fully saturated rings. The van der Waals surface area contributed by atoms with Crippen LogP contribution in [0.1, 0.15) is 36.3 Å². The molecule has 1 N–H and O–H groups in total. The van der Waals surface area contributed by atoms with Crippen molar-refractivity contribution in [3.05, 3.63) is 16.4 Å². The molecular weight excluding hydrogens is 244 g/mol. The highest BCUT2D eigenvalue weighted by atomic mass is 35.5. The molecule has 0 radical (unpaired) electrons. The summed E-state index contributed by atoms with van der Waals surface area (Å²) in [7, 11) is 1.49. The van der Waals surface area contributed by atoms with Crippen molar-refractivity contribution in [2.45, 2.75) is 33.4 Å². The molecule has 1 aromatic heterocycles. The minimum atomic E-state index is -1.07. The normalized spacial score (nSPS) is 11.1. The maximum absolute atomic E-state index is 11.1. The summed E-state index contributed by atoms with van der Waals surface area (Å²) in [6.45, 7) is 4.94. The summed E-state index contributed by atoms with van der Waals surface area (Å²) in [5, 5.41) is 13.4. The highest BCUT2D eigenvalue weighted by Gasteiger charge is 2.21. The van der Waals surface area contributed by atoms with Crippen LogP contribution in [0.15, 0.2) is 0 Å². The molecular formula is C11H17ClN2O3. The molecule has 0 aliphatic rings. The quantitative estimate of drug-likeness (QED) is 0.853. The van der Waals surface area contributed by atoms with Gasteiger partial charge in [-0.3, -0.25) is 4.68 Å². The first-order valence-electron chi connectivity index (χ1n) is 5.44. The van der Waals surface area contributed by atoms with Crippen LogP contribution >= 0.6 is 11.6 Å². The number of rotatable bonds is 6. The molecule has 96 valence electrons. The highest BCUT2D eigenvalue weighted by molar-refractivity contribution is 6.32. The third-order valence-corrected chi connectivity index (χ3v) is 2.76. The van der Waals surface area contributed by atoms with Crippen molar-refractivity contribution < 1.29 is 14.6 Å². The van der Waals surface area contributed by atoms with Gasteiger partial charge in [-0.15, -0.1) is 0 Å². The molecule has 0 saturated heterocycles. The number of carbonyl (C=O) groups is 1. The molecule has 17 heavy (non-hydrogen) atoms. The number of aromatic carboxylic acids is 1. The van der Waals surface area contributed by atoms with Gasteiger partial charge < -0.3 is 9.84 Å². The largest absolute Gasteiger partial charge is 0.478 e. The third-order valence-electron chi connectivity index (χ3n) is 2.38. The second-order valence-corrected chi connectivity index (χ2v) is 4.61. The molecule has 0 aliphatic carbocycles. The number of carboxylic acid groups (broad SMARTS) is 1. The van der Waals surface area contributed by atoms with E-state index >= 15 is 0 Å². The van der Waals surface area contributed by atoms with E-state index in [-0.39, 0.29) is 17.3 Å². The second kappa shape index (κ2) is 6.02. The predicted octanol–water partition coefficient (Wildman–Crippen LogP) is 2.43. The van der Waals surface area contributed by atoms with Crippen molar-refractivity contribution in [3.63, 3.8) is 0 Å². The van der Waals surface area contributed by atoms with Gasteiger partial charge in [0.2, 0.25) is 0 Å². The van der Waals surface area contributed by atoms with Crippen LogP contribution in [0.3, 0.4) is 0 Å². The maximum Gasteiger partial charge on any atom is 0.340 e. The lowest BCUT2D eigenvalue weighted by atomic mass is 10.1. The first-order valence-corrected chi connectivity index (χ1v) is 5.82. The Labute approximate surface area is 105 Å². The van der Waals surface area contributed by atoms with E-state index in [1.165, 1.54) is 11.8 Å². The average molecular weight is 261 g/mol. The third kappa shape index (κ3) is 3.44. The van der Waals surface area contributed by atoms with Gasteiger partial charge in [-0.2, -0.15) is 5.10 Å². The Morgan fingerprint density at radius 3 is 2.71 bits per heavy atom. The fourth-order valence-corrected chi connectivity index (χ4v) is 1.78. The van der Waals surface area contributed by atoms with Crippen molar-refractivity contribution in [1.82, 2.24) is 9.78 Å². The molecule has 0 aliphatic heterocycles. The lowest BCUT2D eigenvalue weighted by molar-refractivity contribution is 0.0692. The molecule has 1 aromatic rings. The van der Waals surface area contributed by atoms with Crippen LogP contribution in [-0.2, 0) is 17.9 Å². The smallest absolute Gasteiger partial charge is 0.340 e. The molecule has 1 rings (SSSR count). The van der Waals surface area contributed by atoms with E-state index in [1.54, 1.807) is 0 Å². The summed E-state index contributed by atoms with van der Waals surface area (Å²) in [5.41, 5.74) is 0.408. The van der Waals surface area contributed by atoms with E-state index in [4.69, 9.17) is 21.4 Å². The molecule has 6 heteroatoms. The first kappa shape index (κ1) is 14.0. The van der Waals surface area contributed by atoms with Gasteiger partial charge in [0, 0.05) is 13.7 Å². The van der Waals surface area contributed by atoms with Gasteiger partial charge >= 0.3 is 5.97 Å². The lowest BCUT2D eigenvalue weighted by Gasteiger charge is -2.05.